The predicted molar refractivity (Wildman–Crippen MR) is 97.8 cm³/mol. The summed E-state index contributed by atoms with van der Waals surface area (Å²) in [4.78, 5) is 12.2. The molecule has 0 saturated carbocycles. The van der Waals surface area contributed by atoms with Gasteiger partial charge in [-0.15, -0.1) is 0 Å². The summed E-state index contributed by atoms with van der Waals surface area (Å²) in [5.74, 6) is 1.34. The van der Waals surface area contributed by atoms with E-state index in [-0.39, 0.29) is 0 Å². The quantitative estimate of drug-likeness (QED) is 0.733. The number of hydrogen-bond acceptors (Lipinski definition) is 4. The van der Waals surface area contributed by atoms with Crippen molar-refractivity contribution >= 4 is 39.3 Å². The summed E-state index contributed by atoms with van der Waals surface area (Å²) in [6, 6.07) is 6.81. The Morgan fingerprint density at radius 1 is 1.00 bits per heavy atom. The highest BCUT2D eigenvalue weighted by molar-refractivity contribution is 9.10. The van der Waals surface area contributed by atoms with E-state index in [2.05, 4.69) is 21.2 Å². The first kappa shape index (κ1) is 18.4. The van der Waals surface area contributed by atoms with Crippen molar-refractivity contribution in [3.8, 4) is 17.2 Å². The van der Waals surface area contributed by atoms with Crippen molar-refractivity contribution < 1.29 is 19.0 Å². The van der Waals surface area contributed by atoms with Crippen LogP contribution in [0.1, 0.15) is 11.1 Å². The Labute approximate surface area is 154 Å². The van der Waals surface area contributed by atoms with Crippen LogP contribution in [0.5, 0.6) is 17.2 Å². The van der Waals surface area contributed by atoms with Gasteiger partial charge in [0, 0.05) is 10.5 Å². The second-order valence-corrected chi connectivity index (χ2v) is 6.33. The van der Waals surface area contributed by atoms with Crippen LogP contribution in [-0.2, 0) is 0 Å². The van der Waals surface area contributed by atoms with Crippen molar-refractivity contribution in [1.29, 1.82) is 0 Å². The summed E-state index contributed by atoms with van der Waals surface area (Å²) in [5, 5.41) is 2.98. The van der Waals surface area contributed by atoms with Crippen molar-refractivity contribution in [2.45, 2.75) is 13.8 Å². The maximum Gasteiger partial charge on any atom is 0.417 e. The van der Waals surface area contributed by atoms with Crippen LogP contribution < -0.4 is 19.5 Å². The first-order valence-corrected chi connectivity index (χ1v) is 8.20. The highest BCUT2D eigenvalue weighted by Crippen LogP contribution is 2.36. The molecule has 0 heterocycles. The molecule has 0 aliphatic rings. The smallest absolute Gasteiger partial charge is 0.417 e. The molecule has 0 aliphatic heterocycles. The van der Waals surface area contributed by atoms with Gasteiger partial charge in [-0.3, -0.25) is 5.32 Å². The zero-order chi connectivity index (χ0) is 17.9. The molecule has 0 fully saturated rings. The maximum absolute atomic E-state index is 12.2. The van der Waals surface area contributed by atoms with Crippen molar-refractivity contribution in [3.63, 3.8) is 0 Å². The number of ether oxygens (including phenoxy) is 3. The molecule has 0 spiro atoms. The van der Waals surface area contributed by atoms with Gasteiger partial charge in [0.15, 0.2) is 0 Å². The predicted octanol–water partition coefficient (Wildman–Crippen LogP) is 5.35. The van der Waals surface area contributed by atoms with Crippen molar-refractivity contribution in [2.24, 2.45) is 0 Å². The SMILES string of the molecule is COc1cc(OC)c(NC(=O)Oc2cc(C)c(Br)cc2C)cc1Cl. The van der Waals surface area contributed by atoms with Crippen LogP contribution >= 0.6 is 27.5 Å². The van der Waals surface area contributed by atoms with E-state index in [1.54, 1.807) is 18.2 Å². The van der Waals surface area contributed by atoms with Gasteiger partial charge in [-0.05, 0) is 43.2 Å². The van der Waals surface area contributed by atoms with Gasteiger partial charge in [0.25, 0.3) is 0 Å². The van der Waals surface area contributed by atoms with Crippen molar-refractivity contribution in [3.05, 3.63) is 44.9 Å². The number of amides is 1. The normalized spacial score (nSPS) is 10.2. The van der Waals surface area contributed by atoms with Crippen molar-refractivity contribution in [2.75, 3.05) is 19.5 Å². The van der Waals surface area contributed by atoms with E-state index in [1.807, 2.05) is 19.9 Å². The summed E-state index contributed by atoms with van der Waals surface area (Å²) in [7, 11) is 2.99. The molecule has 1 N–H and O–H groups in total. The molecule has 0 aromatic heterocycles. The molecule has 0 radical (unpaired) electrons. The number of methoxy groups -OCH3 is 2. The molecular weight excluding hydrogens is 398 g/mol. The van der Waals surface area contributed by atoms with Crippen molar-refractivity contribution in [1.82, 2.24) is 0 Å². The van der Waals surface area contributed by atoms with Gasteiger partial charge in [-0.1, -0.05) is 27.5 Å². The molecule has 0 bridgehead atoms. The van der Waals surface area contributed by atoms with Gasteiger partial charge in [0.05, 0.1) is 24.9 Å². The van der Waals surface area contributed by atoms with Crippen LogP contribution in [-0.4, -0.2) is 20.3 Å². The first-order valence-electron chi connectivity index (χ1n) is 7.02. The van der Waals surface area contributed by atoms with Crippen LogP contribution in [0.15, 0.2) is 28.7 Å². The summed E-state index contributed by atoms with van der Waals surface area (Å²) in [5.41, 5.74) is 2.19. The third-order valence-corrected chi connectivity index (χ3v) is 4.52. The van der Waals surface area contributed by atoms with E-state index in [1.165, 1.54) is 14.2 Å². The average Bonchev–Trinajstić information content (AvgIpc) is 2.53. The number of halogens is 2. The lowest BCUT2D eigenvalue weighted by Crippen LogP contribution is -2.18. The van der Waals surface area contributed by atoms with Gasteiger partial charge < -0.3 is 14.2 Å². The van der Waals surface area contributed by atoms with Crippen LogP contribution in [0.2, 0.25) is 5.02 Å². The Balaban J connectivity index is 2.21. The molecule has 0 aliphatic carbocycles. The van der Waals surface area contributed by atoms with Gasteiger partial charge in [-0.25, -0.2) is 4.79 Å². The Bertz CT molecular complexity index is 780. The van der Waals surface area contributed by atoms with E-state index in [4.69, 9.17) is 25.8 Å². The highest BCUT2D eigenvalue weighted by atomic mass is 79.9. The first-order chi connectivity index (χ1) is 11.3. The third kappa shape index (κ3) is 4.13. The van der Waals surface area contributed by atoms with Gasteiger partial charge >= 0.3 is 6.09 Å². The standard InChI is InChI=1S/C17H17BrClNO4/c1-9-6-14(10(2)5-11(9)18)24-17(21)20-13-7-12(19)15(22-3)8-16(13)23-4/h5-8H,1-4H3,(H,20,21). The minimum absolute atomic E-state index is 0.351. The maximum atomic E-state index is 12.2. The minimum Gasteiger partial charge on any atom is -0.495 e. The summed E-state index contributed by atoms with van der Waals surface area (Å²) in [6.07, 6.45) is -0.639. The molecule has 0 unspecified atom stereocenters. The molecule has 5 nitrogen and oxygen atoms in total. The molecule has 2 aromatic rings. The molecular formula is C17H17BrClNO4. The molecule has 24 heavy (non-hydrogen) atoms. The fraction of sp³-hybridized carbons (Fsp3) is 0.235. The number of aryl methyl sites for hydroxylation is 2. The van der Waals surface area contributed by atoms with Gasteiger partial charge in [-0.2, -0.15) is 0 Å². The van der Waals surface area contributed by atoms with Crippen LogP contribution in [0.25, 0.3) is 0 Å². The van der Waals surface area contributed by atoms with Gasteiger partial charge in [0.1, 0.15) is 17.2 Å². The fourth-order valence-corrected chi connectivity index (χ4v) is 2.76. The lowest BCUT2D eigenvalue weighted by molar-refractivity contribution is 0.214. The molecule has 2 rings (SSSR count). The second-order valence-electron chi connectivity index (χ2n) is 5.07. The van der Waals surface area contributed by atoms with E-state index in [0.29, 0.717) is 28.0 Å². The lowest BCUT2D eigenvalue weighted by Gasteiger charge is -2.14. The zero-order valence-corrected chi connectivity index (χ0v) is 16.0. The molecule has 0 atom stereocenters. The number of carbonyl (C=O) groups excluding carboxylic acids is 1. The molecule has 128 valence electrons. The number of benzene rings is 2. The lowest BCUT2D eigenvalue weighted by atomic mass is 10.1. The molecule has 2 aromatic carbocycles. The topological polar surface area (TPSA) is 56.8 Å². The van der Waals surface area contributed by atoms with E-state index >= 15 is 0 Å². The number of rotatable bonds is 4. The van der Waals surface area contributed by atoms with E-state index in [9.17, 15) is 4.79 Å². The van der Waals surface area contributed by atoms with E-state index < -0.39 is 6.09 Å². The second kappa shape index (κ2) is 7.77. The number of nitrogens with one attached hydrogen (secondary N) is 1. The van der Waals surface area contributed by atoms with Gasteiger partial charge in [0.2, 0.25) is 0 Å². The Morgan fingerprint density at radius 2 is 1.67 bits per heavy atom. The minimum atomic E-state index is -0.639. The largest absolute Gasteiger partial charge is 0.495 e. The Kier molecular flexibility index (Phi) is 5.96. The fourth-order valence-electron chi connectivity index (χ4n) is 2.06. The van der Waals surface area contributed by atoms with Crippen LogP contribution in [0.3, 0.4) is 0 Å². The van der Waals surface area contributed by atoms with Crippen LogP contribution in [0, 0.1) is 13.8 Å². The monoisotopic (exact) mass is 413 g/mol. The van der Waals surface area contributed by atoms with Crippen LogP contribution in [0.4, 0.5) is 10.5 Å². The summed E-state index contributed by atoms with van der Waals surface area (Å²) in [6.45, 7) is 3.78. The number of anilines is 1. The molecule has 7 heteroatoms. The Morgan fingerprint density at radius 3 is 2.29 bits per heavy atom. The molecule has 1 amide bonds. The number of carbonyl (C=O) groups is 1. The molecule has 0 saturated heterocycles. The zero-order valence-electron chi connectivity index (χ0n) is 13.7. The van der Waals surface area contributed by atoms with E-state index in [0.717, 1.165) is 15.6 Å². The number of hydrogen-bond donors (Lipinski definition) is 1. The Hall–Kier alpha value is -1.92. The summed E-state index contributed by atoms with van der Waals surface area (Å²) >= 11 is 9.53. The average molecular weight is 415 g/mol. The summed E-state index contributed by atoms with van der Waals surface area (Å²) < 4.78 is 16.7. The highest BCUT2D eigenvalue weighted by Gasteiger charge is 2.15. The third-order valence-electron chi connectivity index (χ3n) is 3.37.